The zero-order valence-corrected chi connectivity index (χ0v) is 27.2. The van der Waals surface area contributed by atoms with Crippen LogP contribution in [0.1, 0.15) is 145 Å². The van der Waals surface area contributed by atoms with Crippen LogP contribution in [0.15, 0.2) is 78.9 Å². The summed E-state index contributed by atoms with van der Waals surface area (Å²) in [6.07, 6.45) is 19.7. The van der Waals surface area contributed by atoms with Gasteiger partial charge in [0.05, 0.1) is 23.1 Å². The molecular formula is C39H49NO3S. The lowest BCUT2D eigenvalue weighted by Crippen LogP contribution is -2.03. The van der Waals surface area contributed by atoms with Crippen molar-refractivity contribution in [2.45, 2.75) is 103 Å². The van der Waals surface area contributed by atoms with Crippen molar-refractivity contribution in [2.75, 3.05) is 6.61 Å². The molecule has 0 amide bonds. The molecule has 1 unspecified atom stereocenters. The van der Waals surface area contributed by atoms with Gasteiger partial charge >= 0.3 is 0 Å². The monoisotopic (exact) mass is 611 g/mol. The molecule has 0 saturated carbocycles. The Bertz CT molecular complexity index is 1370. The molecule has 0 aliphatic heterocycles. The zero-order chi connectivity index (χ0) is 30.8. The van der Waals surface area contributed by atoms with Crippen molar-refractivity contribution >= 4 is 23.4 Å². The van der Waals surface area contributed by atoms with Crippen LogP contribution in [0, 0.1) is 0 Å². The van der Waals surface area contributed by atoms with Crippen LogP contribution in [0.25, 0.3) is 0 Å². The quantitative estimate of drug-likeness (QED) is 0.0546. The van der Waals surface area contributed by atoms with E-state index in [0.717, 1.165) is 41.2 Å². The second-order valence-corrected chi connectivity index (χ2v) is 12.9. The molecule has 234 valence electrons. The highest BCUT2D eigenvalue weighted by atomic mass is 32.1. The summed E-state index contributed by atoms with van der Waals surface area (Å²) in [5.74, 6) is 0.771. The molecule has 1 N–H and O–H groups in total. The number of aldehydes is 1. The van der Waals surface area contributed by atoms with E-state index in [0.29, 0.717) is 16.1 Å². The van der Waals surface area contributed by atoms with Gasteiger partial charge in [0, 0.05) is 16.1 Å². The highest BCUT2D eigenvalue weighted by Crippen LogP contribution is 2.37. The largest absolute Gasteiger partial charge is 0.494 e. The minimum atomic E-state index is -0.120. The highest BCUT2D eigenvalue weighted by Gasteiger charge is 2.22. The van der Waals surface area contributed by atoms with Crippen LogP contribution in [0.3, 0.4) is 0 Å². The van der Waals surface area contributed by atoms with Gasteiger partial charge in [0.25, 0.3) is 0 Å². The van der Waals surface area contributed by atoms with Crippen molar-refractivity contribution in [2.24, 2.45) is 0 Å². The van der Waals surface area contributed by atoms with Gasteiger partial charge < -0.3 is 9.72 Å². The van der Waals surface area contributed by atoms with E-state index in [1.165, 1.54) is 94.8 Å². The fourth-order valence-corrected chi connectivity index (χ4v) is 6.89. The summed E-state index contributed by atoms with van der Waals surface area (Å²) in [5, 5.41) is 0. The van der Waals surface area contributed by atoms with Gasteiger partial charge in [0.15, 0.2) is 6.29 Å². The SMILES string of the molecule is CCCCCCCCCCCCCCCCOc1ccc(C(c2ccc(C=O)[nH]2)c2ccc(C(=O)c3ccccc3)s2)cc1. The maximum atomic E-state index is 13.1. The third-order valence-corrected chi connectivity index (χ3v) is 9.47. The average molecular weight is 612 g/mol. The van der Waals surface area contributed by atoms with Crippen molar-refractivity contribution in [1.29, 1.82) is 0 Å². The second kappa shape index (κ2) is 19.1. The first kappa shape index (κ1) is 33.5. The molecule has 4 nitrogen and oxygen atoms in total. The number of hydrogen-bond donors (Lipinski definition) is 1. The van der Waals surface area contributed by atoms with E-state index < -0.39 is 0 Å². The van der Waals surface area contributed by atoms with Crippen molar-refractivity contribution in [3.8, 4) is 5.75 Å². The van der Waals surface area contributed by atoms with Gasteiger partial charge in [-0.3, -0.25) is 9.59 Å². The van der Waals surface area contributed by atoms with Gasteiger partial charge in [-0.05, 0) is 48.4 Å². The Morgan fingerprint density at radius 2 is 1.34 bits per heavy atom. The minimum Gasteiger partial charge on any atom is -0.494 e. The van der Waals surface area contributed by atoms with E-state index in [2.05, 4.69) is 24.0 Å². The molecule has 0 fully saturated rings. The number of aromatic amines is 1. The lowest BCUT2D eigenvalue weighted by Gasteiger charge is -2.16. The van der Waals surface area contributed by atoms with Gasteiger partial charge in [0.2, 0.25) is 5.78 Å². The molecule has 4 rings (SSSR count). The standard InChI is InChI=1S/C39H49NO3S/c1-2-3-4-5-6-7-8-9-10-11-12-13-14-18-29-43-34-24-21-31(22-25-34)38(35-26-23-33(30-41)40-35)36-27-28-37(44-36)39(42)32-19-16-15-17-20-32/h15-17,19-28,30,38,40H,2-14,18,29H2,1H3. The lowest BCUT2D eigenvalue weighted by molar-refractivity contribution is 0.104. The number of nitrogens with one attached hydrogen (secondary N) is 1. The van der Waals surface area contributed by atoms with E-state index in [1.54, 1.807) is 6.07 Å². The molecule has 2 aromatic heterocycles. The van der Waals surface area contributed by atoms with Crippen molar-refractivity contribution in [1.82, 2.24) is 4.98 Å². The van der Waals surface area contributed by atoms with Gasteiger partial charge in [-0.15, -0.1) is 11.3 Å². The van der Waals surface area contributed by atoms with Gasteiger partial charge in [-0.2, -0.15) is 0 Å². The molecule has 0 radical (unpaired) electrons. The first-order chi connectivity index (χ1) is 21.7. The van der Waals surface area contributed by atoms with Gasteiger partial charge in [-0.25, -0.2) is 0 Å². The van der Waals surface area contributed by atoms with Crippen molar-refractivity contribution < 1.29 is 14.3 Å². The molecule has 0 bridgehead atoms. The Hall–Kier alpha value is -3.44. The Morgan fingerprint density at radius 3 is 1.93 bits per heavy atom. The molecule has 1 atom stereocenters. The summed E-state index contributed by atoms with van der Waals surface area (Å²) in [5.41, 5.74) is 3.22. The number of carbonyl (C=O) groups is 2. The third-order valence-electron chi connectivity index (χ3n) is 8.32. The normalized spacial score (nSPS) is 11.8. The molecule has 5 heteroatoms. The van der Waals surface area contributed by atoms with Crippen LogP contribution in [0.4, 0.5) is 0 Å². The molecule has 0 aliphatic rings. The number of unbranched alkanes of at least 4 members (excludes halogenated alkanes) is 13. The Kier molecular flexibility index (Phi) is 14.5. The van der Waals surface area contributed by atoms with E-state index in [-0.39, 0.29) is 11.7 Å². The molecular weight excluding hydrogens is 563 g/mol. The number of rotatable bonds is 22. The number of benzene rings is 2. The Balaban J connectivity index is 1.22. The van der Waals surface area contributed by atoms with Crippen molar-refractivity contribution in [3.05, 3.63) is 111 Å². The zero-order valence-electron chi connectivity index (χ0n) is 26.4. The van der Waals surface area contributed by atoms with Crippen LogP contribution < -0.4 is 4.74 Å². The summed E-state index contributed by atoms with van der Waals surface area (Å²) in [6.45, 7) is 3.01. The molecule has 2 heterocycles. The number of ketones is 1. The van der Waals surface area contributed by atoms with Crippen LogP contribution >= 0.6 is 11.3 Å². The fourth-order valence-electron chi connectivity index (χ4n) is 5.77. The second-order valence-electron chi connectivity index (χ2n) is 11.8. The molecule has 2 aromatic carbocycles. The maximum absolute atomic E-state index is 13.1. The molecule has 44 heavy (non-hydrogen) atoms. The van der Waals surface area contributed by atoms with Gasteiger partial charge in [-0.1, -0.05) is 133 Å². The van der Waals surface area contributed by atoms with Crippen molar-refractivity contribution in [3.63, 3.8) is 0 Å². The maximum Gasteiger partial charge on any atom is 0.202 e. The topological polar surface area (TPSA) is 59.2 Å². The summed E-state index contributed by atoms with van der Waals surface area (Å²) in [6, 6.07) is 25.3. The van der Waals surface area contributed by atoms with Crippen LogP contribution in [-0.4, -0.2) is 23.7 Å². The van der Waals surface area contributed by atoms with E-state index >= 15 is 0 Å². The Morgan fingerprint density at radius 1 is 0.727 bits per heavy atom. The lowest BCUT2D eigenvalue weighted by atomic mass is 9.94. The van der Waals surface area contributed by atoms with Crippen LogP contribution in [0.2, 0.25) is 0 Å². The number of hydrogen-bond acceptors (Lipinski definition) is 4. The minimum absolute atomic E-state index is 0.0212. The molecule has 4 aromatic rings. The van der Waals surface area contributed by atoms with E-state index in [4.69, 9.17) is 4.74 Å². The summed E-state index contributed by atoms with van der Waals surface area (Å²) < 4.78 is 6.07. The van der Waals surface area contributed by atoms with E-state index in [9.17, 15) is 9.59 Å². The predicted molar refractivity (Wildman–Crippen MR) is 184 cm³/mol. The van der Waals surface area contributed by atoms with Crippen LogP contribution in [0.5, 0.6) is 5.75 Å². The number of thiophene rings is 1. The Labute approximate surface area is 268 Å². The summed E-state index contributed by atoms with van der Waals surface area (Å²) >= 11 is 1.50. The molecule has 0 spiro atoms. The molecule has 0 saturated heterocycles. The molecule has 0 aliphatic carbocycles. The van der Waals surface area contributed by atoms with Crippen LogP contribution in [-0.2, 0) is 0 Å². The number of carbonyl (C=O) groups excluding carboxylic acids is 2. The average Bonchev–Trinajstić information content (AvgIpc) is 3.74. The number of H-pyrrole nitrogens is 1. The number of ether oxygens (including phenoxy) is 1. The highest BCUT2D eigenvalue weighted by molar-refractivity contribution is 7.14. The first-order valence-corrected chi connectivity index (χ1v) is 17.6. The summed E-state index contributed by atoms with van der Waals surface area (Å²) in [4.78, 5) is 29.5. The third kappa shape index (κ3) is 10.6. The van der Waals surface area contributed by atoms with Gasteiger partial charge in [0.1, 0.15) is 5.75 Å². The fraction of sp³-hybridized carbons (Fsp3) is 0.436. The van der Waals surface area contributed by atoms with E-state index in [1.807, 2.05) is 60.7 Å². The number of aromatic nitrogens is 1. The predicted octanol–water partition coefficient (Wildman–Crippen LogP) is 11.2. The summed E-state index contributed by atoms with van der Waals surface area (Å²) in [7, 11) is 0. The first-order valence-electron chi connectivity index (χ1n) is 16.8. The smallest absolute Gasteiger partial charge is 0.202 e.